The van der Waals surface area contributed by atoms with Gasteiger partial charge in [0, 0.05) is 17.0 Å². The summed E-state index contributed by atoms with van der Waals surface area (Å²) in [5.41, 5.74) is 7.54. The number of carboxylic acids is 1. The van der Waals surface area contributed by atoms with E-state index in [1.807, 2.05) is 13.0 Å². The quantitative estimate of drug-likeness (QED) is 0.592. The standard InChI is InChI=1S/C23H27Cl2FN2O2/c1-12-10-13(24)8-9-15(12)23(27)17(11-22(2,3)4)28-20(21(29)30)18(23)14-6-5-7-16(25)19(14)26/h5-10,17-18,20,28H,11,27H2,1-4H3,(H,29,30). The first-order chi connectivity index (χ1) is 13.9. The van der Waals surface area contributed by atoms with E-state index in [0.717, 1.165) is 11.1 Å². The Balaban J connectivity index is 2.30. The molecule has 1 aliphatic heterocycles. The largest absolute Gasteiger partial charge is 0.480 e. The molecule has 162 valence electrons. The Kier molecular flexibility index (Phi) is 6.23. The van der Waals surface area contributed by atoms with Crippen LogP contribution in [0.25, 0.3) is 0 Å². The highest BCUT2D eigenvalue weighted by Gasteiger charge is 2.58. The fraction of sp³-hybridized carbons (Fsp3) is 0.435. The summed E-state index contributed by atoms with van der Waals surface area (Å²) in [4.78, 5) is 12.3. The van der Waals surface area contributed by atoms with Crippen LogP contribution in [-0.4, -0.2) is 23.2 Å². The summed E-state index contributed by atoms with van der Waals surface area (Å²) in [7, 11) is 0. The molecule has 4 nitrogen and oxygen atoms in total. The van der Waals surface area contributed by atoms with Gasteiger partial charge in [-0.05, 0) is 53.6 Å². The first-order valence-electron chi connectivity index (χ1n) is 9.84. The fourth-order valence-corrected chi connectivity index (χ4v) is 5.07. The highest BCUT2D eigenvalue weighted by Crippen LogP contribution is 2.49. The summed E-state index contributed by atoms with van der Waals surface area (Å²) in [6.45, 7) is 8.07. The lowest BCUT2D eigenvalue weighted by molar-refractivity contribution is -0.139. The molecule has 0 aromatic heterocycles. The van der Waals surface area contributed by atoms with Crippen molar-refractivity contribution >= 4 is 29.2 Å². The van der Waals surface area contributed by atoms with Gasteiger partial charge in [0.05, 0.1) is 10.6 Å². The summed E-state index contributed by atoms with van der Waals surface area (Å²) in [6.07, 6.45) is 0.591. The van der Waals surface area contributed by atoms with Crippen molar-refractivity contribution in [1.29, 1.82) is 0 Å². The molecular weight excluding hydrogens is 426 g/mol. The lowest BCUT2D eigenvalue weighted by Crippen LogP contribution is -2.52. The number of rotatable bonds is 4. The van der Waals surface area contributed by atoms with E-state index in [2.05, 4.69) is 26.1 Å². The molecule has 0 radical (unpaired) electrons. The minimum Gasteiger partial charge on any atom is -0.480 e. The van der Waals surface area contributed by atoms with Gasteiger partial charge in [0.15, 0.2) is 0 Å². The number of halogens is 3. The summed E-state index contributed by atoms with van der Waals surface area (Å²) in [5.74, 6) is -2.60. The van der Waals surface area contributed by atoms with Gasteiger partial charge in [-0.2, -0.15) is 0 Å². The molecule has 30 heavy (non-hydrogen) atoms. The third-order valence-corrected chi connectivity index (χ3v) is 6.39. The van der Waals surface area contributed by atoms with E-state index < -0.39 is 35.3 Å². The molecule has 0 bridgehead atoms. The zero-order valence-electron chi connectivity index (χ0n) is 17.5. The van der Waals surface area contributed by atoms with E-state index in [1.54, 1.807) is 24.3 Å². The number of nitrogens with two attached hydrogens (primary N) is 1. The molecule has 3 rings (SSSR count). The van der Waals surface area contributed by atoms with Crippen molar-refractivity contribution in [2.24, 2.45) is 11.1 Å². The van der Waals surface area contributed by atoms with E-state index >= 15 is 4.39 Å². The lowest BCUT2D eigenvalue weighted by Gasteiger charge is -2.40. The lowest BCUT2D eigenvalue weighted by atomic mass is 9.67. The van der Waals surface area contributed by atoms with Crippen LogP contribution >= 0.6 is 23.2 Å². The maximum atomic E-state index is 15.1. The molecular formula is C23H27Cl2FN2O2. The van der Waals surface area contributed by atoms with Gasteiger partial charge in [-0.1, -0.05) is 62.2 Å². The van der Waals surface area contributed by atoms with Crippen LogP contribution in [0, 0.1) is 18.2 Å². The van der Waals surface area contributed by atoms with Crippen molar-refractivity contribution in [1.82, 2.24) is 5.32 Å². The average molecular weight is 453 g/mol. The highest BCUT2D eigenvalue weighted by molar-refractivity contribution is 6.31. The molecule has 0 spiro atoms. The average Bonchev–Trinajstić information content (AvgIpc) is 2.89. The van der Waals surface area contributed by atoms with Crippen molar-refractivity contribution in [2.75, 3.05) is 0 Å². The normalized spacial score (nSPS) is 26.7. The first kappa shape index (κ1) is 23.0. The van der Waals surface area contributed by atoms with Gasteiger partial charge in [-0.3, -0.25) is 10.1 Å². The topological polar surface area (TPSA) is 75.3 Å². The second-order valence-electron chi connectivity index (χ2n) is 9.31. The van der Waals surface area contributed by atoms with Gasteiger partial charge in [-0.15, -0.1) is 0 Å². The number of nitrogens with one attached hydrogen (secondary N) is 1. The van der Waals surface area contributed by atoms with Gasteiger partial charge in [0.2, 0.25) is 0 Å². The minimum atomic E-state index is -1.20. The molecule has 0 amide bonds. The second kappa shape index (κ2) is 8.12. The summed E-state index contributed by atoms with van der Waals surface area (Å²) in [6, 6.07) is 8.46. The van der Waals surface area contributed by atoms with Crippen LogP contribution in [-0.2, 0) is 10.3 Å². The Labute approximate surface area is 186 Å². The van der Waals surface area contributed by atoms with Gasteiger partial charge in [0.25, 0.3) is 0 Å². The van der Waals surface area contributed by atoms with Crippen LogP contribution in [0.2, 0.25) is 10.0 Å². The number of hydrogen-bond acceptors (Lipinski definition) is 3. The van der Waals surface area contributed by atoms with Crippen molar-refractivity contribution in [3.05, 3.63) is 69.0 Å². The van der Waals surface area contributed by atoms with Crippen LogP contribution < -0.4 is 11.1 Å². The number of carbonyl (C=O) groups is 1. The fourth-order valence-electron chi connectivity index (χ4n) is 4.66. The van der Waals surface area contributed by atoms with Crippen molar-refractivity contribution in [3.8, 4) is 0 Å². The molecule has 2 aromatic rings. The monoisotopic (exact) mass is 452 g/mol. The molecule has 1 fully saturated rings. The molecule has 4 unspecified atom stereocenters. The Morgan fingerprint density at radius 3 is 2.50 bits per heavy atom. The van der Waals surface area contributed by atoms with Crippen LogP contribution in [0.4, 0.5) is 4.39 Å². The number of aliphatic carboxylic acids is 1. The molecule has 2 aromatic carbocycles. The van der Waals surface area contributed by atoms with Crippen LogP contribution in [0.3, 0.4) is 0 Å². The van der Waals surface area contributed by atoms with Crippen LogP contribution in [0.5, 0.6) is 0 Å². The number of benzene rings is 2. The van der Waals surface area contributed by atoms with Crippen molar-refractivity contribution in [2.45, 2.75) is 57.7 Å². The molecule has 0 aliphatic carbocycles. The zero-order chi connectivity index (χ0) is 22.4. The Morgan fingerprint density at radius 1 is 1.27 bits per heavy atom. The van der Waals surface area contributed by atoms with Crippen LogP contribution in [0.1, 0.15) is 49.8 Å². The Hall–Kier alpha value is -1.66. The van der Waals surface area contributed by atoms with E-state index in [-0.39, 0.29) is 16.0 Å². The van der Waals surface area contributed by atoms with Gasteiger partial charge >= 0.3 is 5.97 Å². The highest BCUT2D eigenvalue weighted by atomic mass is 35.5. The molecule has 7 heteroatoms. The molecule has 4 N–H and O–H groups in total. The van der Waals surface area contributed by atoms with Crippen molar-refractivity contribution < 1.29 is 14.3 Å². The molecule has 1 heterocycles. The van der Waals surface area contributed by atoms with E-state index in [0.29, 0.717) is 11.4 Å². The predicted octanol–water partition coefficient (Wildman–Crippen LogP) is 5.24. The molecule has 4 atom stereocenters. The maximum Gasteiger partial charge on any atom is 0.321 e. The third kappa shape index (κ3) is 4.09. The number of hydrogen-bond donors (Lipinski definition) is 3. The Morgan fingerprint density at radius 2 is 1.93 bits per heavy atom. The number of carboxylic acid groups (broad SMARTS) is 1. The van der Waals surface area contributed by atoms with Crippen LogP contribution in [0.15, 0.2) is 36.4 Å². The summed E-state index contributed by atoms with van der Waals surface area (Å²) >= 11 is 12.2. The van der Waals surface area contributed by atoms with Gasteiger partial charge < -0.3 is 10.8 Å². The van der Waals surface area contributed by atoms with Gasteiger partial charge in [-0.25, -0.2) is 4.39 Å². The van der Waals surface area contributed by atoms with Crippen molar-refractivity contribution in [3.63, 3.8) is 0 Å². The molecule has 0 saturated carbocycles. The van der Waals surface area contributed by atoms with E-state index in [4.69, 9.17) is 28.9 Å². The summed E-state index contributed by atoms with van der Waals surface area (Å²) < 4.78 is 15.1. The second-order valence-corrected chi connectivity index (χ2v) is 10.2. The first-order valence-corrected chi connectivity index (χ1v) is 10.6. The SMILES string of the molecule is Cc1cc(Cl)ccc1C1(N)C(CC(C)(C)C)NC(C(=O)O)C1c1cccc(Cl)c1F. The molecule has 1 saturated heterocycles. The summed E-state index contributed by atoms with van der Waals surface area (Å²) in [5, 5.41) is 13.7. The predicted molar refractivity (Wildman–Crippen MR) is 119 cm³/mol. The third-order valence-electron chi connectivity index (χ3n) is 5.86. The zero-order valence-corrected chi connectivity index (χ0v) is 19.0. The molecule has 1 aliphatic rings. The van der Waals surface area contributed by atoms with E-state index in [1.165, 1.54) is 6.07 Å². The minimum absolute atomic E-state index is 0.0638. The van der Waals surface area contributed by atoms with E-state index in [9.17, 15) is 9.90 Å². The number of aryl methyl sites for hydroxylation is 1. The Bertz CT molecular complexity index is 976. The maximum absolute atomic E-state index is 15.1. The smallest absolute Gasteiger partial charge is 0.321 e. The van der Waals surface area contributed by atoms with Gasteiger partial charge in [0.1, 0.15) is 11.9 Å².